The van der Waals surface area contributed by atoms with E-state index in [0.717, 1.165) is 6.42 Å². The number of hydrogen-bond donors (Lipinski definition) is 2. The number of nitrogens with two attached hydrogens (primary N) is 1. The maximum Gasteiger partial charge on any atom is 0.323 e. The van der Waals surface area contributed by atoms with Crippen LogP contribution in [0.4, 0.5) is 0 Å². The van der Waals surface area contributed by atoms with Crippen molar-refractivity contribution in [1.82, 2.24) is 0 Å². The molecule has 0 aromatic heterocycles. The number of carboxylic acids is 1. The van der Waals surface area contributed by atoms with Crippen LogP contribution in [-0.4, -0.2) is 29.8 Å². The molecule has 4 heteroatoms. The number of aliphatic carboxylic acids is 1. The quantitative estimate of drug-likeness (QED) is 0.577. The molecule has 0 radical (unpaired) electrons. The fraction of sp³-hybridized carbons (Fsp3) is 0.909. The van der Waals surface area contributed by atoms with Crippen molar-refractivity contribution in [1.29, 1.82) is 0 Å². The maximum absolute atomic E-state index is 10.6. The predicted molar refractivity (Wildman–Crippen MR) is 59.8 cm³/mol. The van der Waals surface area contributed by atoms with E-state index < -0.39 is 11.5 Å². The van der Waals surface area contributed by atoms with Crippen LogP contribution >= 0.6 is 0 Å². The second-order valence-electron chi connectivity index (χ2n) is 4.15. The Bertz CT molecular complexity index is 181. The van der Waals surface area contributed by atoms with Gasteiger partial charge in [-0.15, -0.1) is 0 Å². The van der Waals surface area contributed by atoms with Crippen LogP contribution in [0.15, 0.2) is 0 Å². The molecule has 0 saturated heterocycles. The fourth-order valence-corrected chi connectivity index (χ4v) is 1.12. The number of hydrogen-bond acceptors (Lipinski definition) is 3. The van der Waals surface area contributed by atoms with E-state index in [-0.39, 0.29) is 0 Å². The first-order valence-electron chi connectivity index (χ1n) is 5.60. The van der Waals surface area contributed by atoms with E-state index in [1.54, 1.807) is 0 Å². The summed E-state index contributed by atoms with van der Waals surface area (Å²) in [4.78, 5) is 10.6. The van der Waals surface area contributed by atoms with Crippen LogP contribution in [-0.2, 0) is 9.53 Å². The lowest BCUT2D eigenvalue weighted by Gasteiger charge is -2.18. The van der Waals surface area contributed by atoms with E-state index in [0.29, 0.717) is 19.6 Å². The second-order valence-corrected chi connectivity index (χ2v) is 4.15. The Morgan fingerprint density at radius 1 is 1.33 bits per heavy atom. The lowest BCUT2D eigenvalue weighted by Crippen LogP contribution is -2.45. The first kappa shape index (κ1) is 14.4. The Kier molecular flexibility index (Phi) is 7.34. The Morgan fingerprint density at radius 3 is 2.53 bits per heavy atom. The molecular weight excluding hydrogens is 194 g/mol. The van der Waals surface area contributed by atoms with Crippen molar-refractivity contribution in [2.24, 2.45) is 5.73 Å². The van der Waals surface area contributed by atoms with Crippen LogP contribution in [0.1, 0.15) is 46.0 Å². The van der Waals surface area contributed by atoms with Gasteiger partial charge in [0.2, 0.25) is 0 Å². The molecule has 0 bridgehead atoms. The van der Waals surface area contributed by atoms with Crippen molar-refractivity contribution in [3.8, 4) is 0 Å². The molecule has 0 fully saturated rings. The summed E-state index contributed by atoms with van der Waals surface area (Å²) in [5.74, 6) is -0.975. The van der Waals surface area contributed by atoms with Crippen LogP contribution < -0.4 is 5.73 Å². The highest BCUT2D eigenvalue weighted by molar-refractivity contribution is 5.77. The van der Waals surface area contributed by atoms with Gasteiger partial charge < -0.3 is 15.6 Å². The first-order valence-corrected chi connectivity index (χ1v) is 5.60. The van der Waals surface area contributed by atoms with Gasteiger partial charge in [0.1, 0.15) is 5.54 Å². The Morgan fingerprint density at radius 2 is 2.00 bits per heavy atom. The van der Waals surface area contributed by atoms with E-state index in [1.807, 2.05) is 0 Å². The van der Waals surface area contributed by atoms with Crippen molar-refractivity contribution in [3.63, 3.8) is 0 Å². The Labute approximate surface area is 91.8 Å². The topological polar surface area (TPSA) is 72.5 Å². The summed E-state index contributed by atoms with van der Waals surface area (Å²) >= 11 is 0. The van der Waals surface area contributed by atoms with Crippen LogP contribution in [0.5, 0.6) is 0 Å². The van der Waals surface area contributed by atoms with Gasteiger partial charge in [-0.3, -0.25) is 4.79 Å². The average molecular weight is 217 g/mol. The Hall–Kier alpha value is -0.610. The minimum absolute atomic E-state index is 0.357. The van der Waals surface area contributed by atoms with Crippen LogP contribution in [0, 0.1) is 0 Å². The lowest BCUT2D eigenvalue weighted by molar-refractivity contribution is -0.143. The molecule has 1 unspecified atom stereocenters. The largest absolute Gasteiger partial charge is 0.480 e. The molecule has 15 heavy (non-hydrogen) atoms. The molecule has 1 atom stereocenters. The third-order valence-corrected chi connectivity index (χ3v) is 2.40. The van der Waals surface area contributed by atoms with E-state index in [9.17, 15) is 4.79 Å². The van der Waals surface area contributed by atoms with Crippen molar-refractivity contribution >= 4 is 5.97 Å². The molecule has 0 saturated carbocycles. The number of ether oxygens (including phenoxy) is 1. The standard InChI is InChI=1S/C11H23NO3/c1-3-4-5-6-8-15-9-7-11(2,12)10(13)14/h3-9,12H2,1-2H3,(H,13,14). The van der Waals surface area contributed by atoms with Crippen molar-refractivity contribution in [3.05, 3.63) is 0 Å². The highest BCUT2D eigenvalue weighted by atomic mass is 16.5. The normalized spacial score (nSPS) is 14.9. The number of rotatable bonds is 9. The average Bonchev–Trinajstić information content (AvgIpc) is 2.16. The second kappa shape index (κ2) is 7.65. The van der Waals surface area contributed by atoms with Crippen LogP contribution in [0.25, 0.3) is 0 Å². The van der Waals surface area contributed by atoms with E-state index in [2.05, 4.69) is 6.92 Å². The molecular formula is C11H23NO3. The fourth-order valence-electron chi connectivity index (χ4n) is 1.12. The number of carbonyl (C=O) groups is 1. The van der Waals surface area contributed by atoms with Crippen LogP contribution in [0.2, 0.25) is 0 Å². The summed E-state index contributed by atoms with van der Waals surface area (Å²) in [7, 11) is 0. The summed E-state index contributed by atoms with van der Waals surface area (Å²) in [5.41, 5.74) is 4.38. The highest BCUT2D eigenvalue weighted by Crippen LogP contribution is 2.06. The minimum Gasteiger partial charge on any atom is -0.480 e. The molecule has 0 rings (SSSR count). The smallest absolute Gasteiger partial charge is 0.323 e. The zero-order chi connectivity index (χ0) is 11.7. The predicted octanol–water partition coefficient (Wildman–Crippen LogP) is 1.78. The van der Waals surface area contributed by atoms with Crippen molar-refractivity contribution in [2.45, 2.75) is 51.5 Å². The first-order chi connectivity index (χ1) is 7.00. The zero-order valence-electron chi connectivity index (χ0n) is 9.79. The van der Waals surface area contributed by atoms with Crippen LogP contribution in [0.3, 0.4) is 0 Å². The SMILES string of the molecule is CCCCCCOCCC(C)(N)C(=O)O. The zero-order valence-corrected chi connectivity index (χ0v) is 9.79. The van der Waals surface area contributed by atoms with Crippen molar-refractivity contribution < 1.29 is 14.6 Å². The van der Waals surface area contributed by atoms with Gasteiger partial charge in [-0.05, 0) is 19.8 Å². The molecule has 0 aromatic carbocycles. The number of unbranched alkanes of at least 4 members (excludes halogenated alkanes) is 3. The molecule has 0 aliphatic heterocycles. The van der Waals surface area contributed by atoms with Gasteiger partial charge in [0.15, 0.2) is 0 Å². The monoisotopic (exact) mass is 217 g/mol. The van der Waals surface area contributed by atoms with Gasteiger partial charge in [0.05, 0.1) is 0 Å². The van der Waals surface area contributed by atoms with Gasteiger partial charge in [0.25, 0.3) is 0 Å². The van der Waals surface area contributed by atoms with Gasteiger partial charge in [0, 0.05) is 13.2 Å². The molecule has 3 N–H and O–H groups in total. The highest BCUT2D eigenvalue weighted by Gasteiger charge is 2.27. The molecule has 0 aliphatic rings. The van der Waals surface area contributed by atoms with Gasteiger partial charge >= 0.3 is 5.97 Å². The summed E-state index contributed by atoms with van der Waals surface area (Å²) in [6.45, 7) is 4.80. The van der Waals surface area contributed by atoms with E-state index >= 15 is 0 Å². The summed E-state index contributed by atoms with van der Waals surface area (Å²) < 4.78 is 5.32. The van der Waals surface area contributed by atoms with E-state index in [4.69, 9.17) is 15.6 Å². The molecule has 4 nitrogen and oxygen atoms in total. The molecule has 0 heterocycles. The molecule has 90 valence electrons. The molecule has 0 aliphatic carbocycles. The van der Waals surface area contributed by atoms with Crippen molar-refractivity contribution in [2.75, 3.05) is 13.2 Å². The van der Waals surface area contributed by atoms with E-state index in [1.165, 1.54) is 26.2 Å². The minimum atomic E-state index is -1.16. The molecule has 0 amide bonds. The summed E-state index contributed by atoms with van der Waals surface area (Å²) in [5, 5.41) is 8.73. The summed E-state index contributed by atoms with van der Waals surface area (Å²) in [6, 6.07) is 0. The van der Waals surface area contributed by atoms with Gasteiger partial charge in [-0.2, -0.15) is 0 Å². The summed E-state index contributed by atoms with van der Waals surface area (Å²) in [6.07, 6.45) is 5.01. The lowest BCUT2D eigenvalue weighted by atomic mass is 10.0. The maximum atomic E-state index is 10.6. The Balaban J connectivity index is 3.35. The third-order valence-electron chi connectivity index (χ3n) is 2.40. The number of carboxylic acid groups (broad SMARTS) is 1. The molecule has 0 spiro atoms. The molecule has 0 aromatic rings. The third kappa shape index (κ3) is 7.33. The van der Waals surface area contributed by atoms with Gasteiger partial charge in [-0.25, -0.2) is 0 Å². The van der Waals surface area contributed by atoms with Gasteiger partial charge in [-0.1, -0.05) is 26.2 Å².